The van der Waals surface area contributed by atoms with E-state index in [0.717, 1.165) is 35.7 Å². The van der Waals surface area contributed by atoms with Crippen molar-refractivity contribution in [1.29, 1.82) is 0 Å². The van der Waals surface area contributed by atoms with Crippen molar-refractivity contribution in [1.82, 2.24) is 10.5 Å². The van der Waals surface area contributed by atoms with E-state index >= 15 is 0 Å². The molecule has 0 amide bonds. The van der Waals surface area contributed by atoms with Gasteiger partial charge < -0.3 is 9.84 Å². The highest BCUT2D eigenvalue weighted by Crippen LogP contribution is 2.27. The number of hydrogen-bond acceptors (Lipinski definition) is 3. The second kappa shape index (κ2) is 6.22. The summed E-state index contributed by atoms with van der Waals surface area (Å²) in [7, 11) is 0. The zero-order valence-corrected chi connectivity index (χ0v) is 12.3. The average Bonchev–Trinajstić information content (AvgIpc) is 2.71. The molecule has 2 rings (SSSR count). The summed E-state index contributed by atoms with van der Waals surface area (Å²) in [5.41, 5.74) is 2.99. The van der Waals surface area contributed by atoms with Gasteiger partial charge in [0.25, 0.3) is 0 Å². The van der Waals surface area contributed by atoms with Crippen LogP contribution in [0.2, 0.25) is 5.02 Å². The summed E-state index contributed by atoms with van der Waals surface area (Å²) < 4.78 is 5.45. The van der Waals surface area contributed by atoms with E-state index in [1.165, 1.54) is 0 Å². The number of nitrogens with zero attached hydrogens (tertiary/aromatic N) is 1. The Balaban J connectivity index is 2.14. The van der Waals surface area contributed by atoms with Crippen LogP contribution in [0.15, 0.2) is 28.8 Å². The van der Waals surface area contributed by atoms with Gasteiger partial charge in [0.05, 0.1) is 0 Å². The van der Waals surface area contributed by atoms with Gasteiger partial charge in [-0.25, -0.2) is 0 Å². The lowest BCUT2D eigenvalue weighted by molar-refractivity contribution is 0.418. The van der Waals surface area contributed by atoms with Gasteiger partial charge in [0, 0.05) is 22.7 Å². The standard InChI is InChI=1S/C15H19ClN2O/c1-10(2)8-17-9-14-11(3)15(19-18-14)12-5-4-6-13(16)7-12/h4-7,10,17H,8-9H2,1-3H3. The topological polar surface area (TPSA) is 38.1 Å². The molecule has 2 aromatic rings. The van der Waals surface area contributed by atoms with Crippen LogP contribution in [0.25, 0.3) is 11.3 Å². The van der Waals surface area contributed by atoms with Gasteiger partial charge >= 0.3 is 0 Å². The van der Waals surface area contributed by atoms with Crippen molar-refractivity contribution in [3.63, 3.8) is 0 Å². The number of hydrogen-bond donors (Lipinski definition) is 1. The van der Waals surface area contributed by atoms with Crippen LogP contribution in [0.3, 0.4) is 0 Å². The molecule has 1 heterocycles. The van der Waals surface area contributed by atoms with Crippen molar-refractivity contribution in [2.75, 3.05) is 6.54 Å². The van der Waals surface area contributed by atoms with E-state index in [9.17, 15) is 0 Å². The predicted octanol–water partition coefficient (Wildman–Crippen LogP) is 4.05. The Hall–Kier alpha value is -1.32. The number of benzene rings is 1. The lowest BCUT2D eigenvalue weighted by atomic mass is 10.1. The lowest BCUT2D eigenvalue weighted by Crippen LogP contribution is -2.19. The number of rotatable bonds is 5. The van der Waals surface area contributed by atoms with Crippen LogP contribution in [-0.2, 0) is 6.54 Å². The van der Waals surface area contributed by atoms with Crippen molar-refractivity contribution < 1.29 is 4.52 Å². The molecule has 0 aliphatic carbocycles. The first-order chi connectivity index (χ1) is 9.08. The minimum atomic E-state index is 0.625. The minimum absolute atomic E-state index is 0.625. The van der Waals surface area contributed by atoms with Crippen molar-refractivity contribution in [3.8, 4) is 11.3 Å². The lowest BCUT2D eigenvalue weighted by Gasteiger charge is -2.05. The molecule has 1 N–H and O–H groups in total. The molecule has 102 valence electrons. The van der Waals surface area contributed by atoms with E-state index in [-0.39, 0.29) is 0 Å². The Morgan fingerprint density at radius 2 is 2.16 bits per heavy atom. The van der Waals surface area contributed by atoms with Gasteiger partial charge in [-0.3, -0.25) is 0 Å². The molecule has 0 bridgehead atoms. The van der Waals surface area contributed by atoms with Gasteiger partial charge in [0.1, 0.15) is 5.69 Å². The van der Waals surface area contributed by atoms with Gasteiger partial charge in [-0.05, 0) is 31.5 Å². The van der Waals surface area contributed by atoms with Crippen LogP contribution in [0.5, 0.6) is 0 Å². The molecule has 0 aliphatic rings. The van der Waals surface area contributed by atoms with Crippen molar-refractivity contribution in [2.24, 2.45) is 5.92 Å². The fourth-order valence-electron chi connectivity index (χ4n) is 1.91. The van der Waals surface area contributed by atoms with E-state index in [2.05, 4.69) is 24.3 Å². The Kier molecular flexibility index (Phi) is 4.61. The SMILES string of the molecule is Cc1c(CNCC(C)C)noc1-c1cccc(Cl)c1. The second-order valence-electron chi connectivity index (χ2n) is 5.12. The highest BCUT2D eigenvalue weighted by atomic mass is 35.5. The first kappa shape index (κ1) is 14.1. The van der Waals surface area contributed by atoms with Crippen LogP contribution in [-0.4, -0.2) is 11.7 Å². The maximum atomic E-state index is 6.00. The molecule has 3 nitrogen and oxygen atoms in total. The third kappa shape index (κ3) is 3.58. The number of aromatic nitrogens is 1. The Bertz CT molecular complexity index is 549. The summed E-state index contributed by atoms with van der Waals surface area (Å²) in [6.45, 7) is 8.09. The Morgan fingerprint density at radius 1 is 1.37 bits per heavy atom. The smallest absolute Gasteiger partial charge is 0.170 e. The highest BCUT2D eigenvalue weighted by molar-refractivity contribution is 6.30. The summed E-state index contributed by atoms with van der Waals surface area (Å²) >= 11 is 6.00. The van der Waals surface area contributed by atoms with Crippen LogP contribution < -0.4 is 5.32 Å². The summed E-state index contributed by atoms with van der Waals surface area (Å²) in [4.78, 5) is 0. The molecular formula is C15H19ClN2O. The normalized spacial score (nSPS) is 11.2. The fraction of sp³-hybridized carbons (Fsp3) is 0.400. The molecule has 0 spiro atoms. The zero-order chi connectivity index (χ0) is 13.8. The Labute approximate surface area is 118 Å². The summed E-state index contributed by atoms with van der Waals surface area (Å²) in [6, 6.07) is 7.63. The molecule has 0 saturated carbocycles. The fourth-order valence-corrected chi connectivity index (χ4v) is 2.10. The summed E-state index contributed by atoms with van der Waals surface area (Å²) in [5.74, 6) is 1.42. The van der Waals surface area contributed by atoms with Gasteiger partial charge in [0.2, 0.25) is 0 Å². The molecule has 0 saturated heterocycles. The van der Waals surface area contributed by atoms with Crippen LogP contribution in [0.4, 0.5) is 0 Å². The average molecular weight is 279 g/mol. The van der Waals surface area contributed by atoms with Crippen molar-refractivity contribution >= 4 is 11.6 Å². The number of halogens is 1. The molecule has 0 atom stereocenters. The van der Waals surface area contributed by atoms with E-state index in [4.69, 9.17) is 16.1 Å². The number of nitrogens with one attached hydrogen (secondary N) is 1. The molecule has 19 heavy (non-hydrogen) atoms. The minimum Gasteiger partial charge on any atom is -0.356 e. The van der Waals surface area contributed by atoms with Crippen LogP contribution in [0, 0.1) is 12.8 Å². The molecule has 1 aromatic carbocycles. The summed E-state index contributed by atoms with van der Waals surface area (Å²) in [6.07, 6.45) is 0. The third-order valence-corrected chi connectivity index (χ3v) is 3.19. The molecule has 1 aromatic heterocycles. The molecule has 0 fully saturated rings. The predicted molar refractivity (Wildman–Crippen MR) is 78.2 cm³/mol. The van der Waals surface area contributed by atoms with E-state index in [0.29, 0.717) is 10.9 Å². The zero-order valence-electron chi connectivity index (χ0n) is 11.5. The van der Waals surface area contributed by atoms with Crippen LogP contribution >= 0.6 is 11.6 Å². The Morgan fingerprint density at radius 3 is 2.84 bits per heavy atom. The van der Waals surface area contributed by atoms with Gasteiger partial charge in [0.15, 0.2) is 5.76 Å². The van der Waals surface area contributed by atoms with Gasteiger partial charge in [-0.15, -0.1) is 0 Å². The quantitative estimate of drug-likeness (QED) is 0.897. The maximum Gasteiger partial charge on any atom is 0.170 e. The van der Waals surface area contributed by atoms with Crippen molar-refractivity contribution in [2.45, 2.75) is 27.3 Å². The largest absolute Gasteiger partial charge is 0.356 e. The second-order valence-corrected chi connectivity index (χ2v) is 5.55. The van der Waals surface area contributed by atoms with Crippen molar-refractivity contribution in [3.05, 3.63) is 40.5 Å². The molecular weight excluding hydrogens is 260 g/mol. The monoisotopic (exact) mass is 278 g/mol. The molecule has 0 aliphatic heterocycles. The maximum absolute atomic E-state index is 6.00. The molecule has 0 unspecified atom stereocenters. The van der Waals surface area contributed by atoms with Crippen LogP contribution in [0.1, 0.15) is 25.1 Å². The van der Waals surface area contributed by atoms with Gasteiger partial charge in [-0.1, -0.05) is 42.7 Å². The van der Waals surface area contributed by atoms with E-state index < -0.39 is 0 Å². The highest BCUT2D eigenvalue weighted by Gasteiger charge is 2.13. The van der Waals surface area contributed by atoms with E-state index in [1.807, 2.05) is 31.2 Å². The first-order valence-electron chi connectivity index (χ1n) is 6.49. The first-order valence-corrected chi connectivity index (χ1v) is 6.87. The summed E-state index contributed by atoms with van der Waals surface area (Å²) in [5, 5.41) is 8.21. The molecule has 4 heteroatoms. The van der Waals surface area contributed by atoms with E-state index in [1.54, 1.807) is 0 Å². The van der Waals surface area contributed by atoms with Gasteiger partial charge in [-0.2, -0.15) is 0 Å². The third-order valence-electron chi connectivity index (χ3n) is 2.95. The molecule has 0 radical (unpaired) electrons.